The smallest absolute Gasteiger partial charge is 0.0346 e. The van der Waals surface area contributed by atoms with Crippen LogP contribution in [0.1, 0.15) is 0 Å². The zero-order chi connectivity index (χ0) is 75.9. The highest BCUT2D eigenvalue weighted by Crippen LogP contribution is 2.56. The summed E-state index contributed by atoms with van der Waals surface area (Å²) in [6.07, 6.45) is 15.0. The van der Waals surface area contributed by atoms with Gasteiger partial charge in [-0.05, 0) is 275 Å². The van der Waals surface area contributed by atoms with Gasteiger partial charge >= 0.3 is 0 Å². The van der Waals surface area contributed by atoms with E-state index in [1.54, 1.807) is 0 Å². The zero-order valence-corrected chi connectivity index (χ0v) is 62.5. The molecule has 0 aliphatic carbocycles. The summed E-state index contributed by atoms with van der Waals surface area (Å²) in [4.78, 5) is 17.9. The van der Waals surface area contributed by atoms with Crippen molar-refractivity contribution < 1.29 is 0 Å². The van der Waals surface area contributed by atoms with Gasteiger partial charge in [0, 0.05) is 71.8 Å². The lowest BCUT2D eigenvalue weighted by Gasteiger charge is -2.29. The van der Waals surface area contributed by atoms with E-state index in [0.717, 1.165) is 200 Å². The standard InChI is InChI=1S/C110H74N4/c1-5-23-77(24-6-1)105-106(78-25-7-2-8-26-78)110(82-53-49-76(50-54-82)84-32-14-38-90(60-84)100-67-103(93-41-17-35-87(63-93)97-45-21-57-113-73-97)70-104(68-100)94-42-18-36-88(64-94)98-46-22-58-114-74-98)108(80-29-11-4-12-30-80)107(79-27-9-3-10-28-79)109(105)81-51-47-75(48-52-81)83-31-13-37-89(59-83)99-65-101(91-39-15-33-85(61-91)95-43-19-55-111-71-95)69-102(66-99)92-40-16-34-86(62-92)96-44-20-56-112-72-96/h1-74H. The number of pyridine rings is 4. The van der Waals surface area contributed by atoms with Crippen LogP contribution in [-0.2, 0) is 0 Å². The van der Waals surface area contributed by atoms with E-state index in [4.69, 9.17) is 0 Å². The molecule has 4 aromatic heterocycles. The molecule has 0 atom stereocenters. The molecule has 0 radical (unpaired) electrons. The summed E-state index contributed by atoms with van der Waals surface area (Å²) < 4.78 is 0. The number of hydrogen-bond acceptors (Lipinski definition) is 4. The van der Waals surface area contributed by atoms with Gasteiger partial charge in [-0.2, -0.15) is 0 Å². The third-order valence-electron chi connectivity index (χ3n) is 21.8. The molecule has 0 amide bonds. The Morgan fingerprint density at radius 2 is 0.237 bits per heavy atom. The van der Waals surface area contributed by atoms with Crippen molar-refractivity contribution in [1.29, 1.82) is 0 Å². The van der Waals surface area contributed by atoms with Crippen molar-refractivity contribution in [3.8, 4) is 200 Å². The van der Waals surface area contributed by atoms with Gasteiger partial charge in [-0.1, -0.05) is 303 Å². The van der Waals surface area contributed by atoms with Crippen LogP contribution in [0, 0.1) is 0 Å². The molecule has 0 aliphatic heterocycles. The summed E-state index contributed by atoms with van der Waals surface area (Å²) in [6.45, 7) is 0. The molecule has 0 unspecified atom stereocenters. The predicted octanol–water partition coefficient (Wildman–Crippen LogP) is 29.3. The maximum Gasteiger partial charge on any atom is 0.0346 e. The van der Waals surface area contributed by atoms with E-state index in [1.165, 1.54) is 0 Å². The van der Waals surface area contributed by atoms with Gasteiger partial charge in [0.1, 0.15) is 0 Å². The molecule has 0 aliphatic rings. The Balaban J connectivity index is 0.742. The van der Waals surface area contributed by atoms with Gasteiger partial charge in [0.25, 0.3) is 0 Å². The van der Waals surface area contributed by atoms with E-state index in [0.29, 0.717) is 0 Å². The predicted molar refractivity (Wildman–Crippen MR) is 475 cm³/mol. The Morgan fingerprint density at radius 3 is 0.421 bits per heavy atom. The molecule has 4 nitrogen and oxygen atoms in total. The molecule has 0 saturated carbocycles. The molecule has 114 heavy (non-hydrogen) atoms. The monoisotopic (exact) mass is 1450 g/mol. The molecule has 4 heterocycles. The van der Waals surface area contributed by atoms with Gasteiger partial charge in [0.2, 0.25) is 0 Å². The molecule has 19 aromatic rings. The van der Waals surface area contributed by atoms with E-state index in [9.17, 15) is 0 Å². The zero-order valence-electron chi connectivity index (χ0n) is 62.5. The van der Waals surface area contributed by atoms with Gasteiger partial charge in [-0.25, -0.2) is 0 Å². The highest BCUT2D eigenvalue weighted by molar-refractivity contribution is 6.15. The molecule has 0 N–H and O–H groups in total. The molecule has 0 bridgehead atoms. The average molecular weight is 1450 g/mol. The fourth-order valence-corrected chi connectivity index (χ4v) is 16.2. The maximum atomic E-state index is 4.47. The van der Waals surface area contributed by atoms with Gasteiger partial charge in [0.05, 0.1) is 0 Å². The van der Waals surface area contributed by atoms with Gasteiger partial charge in [-0.15, -0.1) is 0 Å². The molecule has 0 fully saturated rings. The van der Waals surface area contributed by atoms with Crippen LogP contribution in [0.5, 0.6) is 0 Å². The lowest BCUT2D eigenvalue weighted by atomic mass is 9.74. The number of benzene rings is 15. The average Bonchev–Trinajstić information content (AvgIpc) is 0.713. The van der Waals surface area contributed by atoms with Gasteiger partial charge in [-0.3, -0.25) is 19.9 Å². The van der Waals surface area contributed by atoms with Crippen molar-refractivity contribution in [2.75, 3.05) is 0 Å². The first kappa shape index (κ1) is 69.4. The molecule has 4 heteroatoms. The lowest BCUT2D eigenvalue weighted by Crippen LogP contribution is -2.02. The third kappa shape index (κ3) is 14.4. The fraction of sp³-hybridized carbons (Fsp3) is 0. The van der Waals surface area contributed by atoms with Gasteiger partial charge < -0.3 is 0 Å². The quantitative estimate of drug-likeness (QED) is 0.0859. The van der Waals surface area contributed by atoms with Crippen LogP contribution in [0.2, 0.25) is 0 Å². The minimum atomic E-state index is 1.08. The van der Waals surface area contributed by atoms with Crippen LogP contribution >= 0.6 is 0 Å². The van der Waals surface area contributed by atoms with Crippen molar-refractivity contribution in [2.45, 2.75) is 0 Å². The topological polar surface area (TPSA) is 51.6 Å². The number of nitrogens with zero attached hydrogens (tertiary/aromatic N) is 4. The summed E-state index contributed by atoms with van der Waals surface area (Å²) in [6, 6.07) is 147. The first-order valence-electron chi connectivity index (χ1n) is 38.7. The summed E-state index contributed by atoms with van der Waals surface area (Å²) in [7, 11) is 0. The second kappa shape index (κ2) is 31.5. The van der Waals surface area contributed by atoms with Gasteiger partial charge in [0.15, 0.2) is 0 Å². The largest absolute Gasteiger partial charge is 0.264 e. The Morgan fingerprint density at radius 1 is 0.0965 bits per heavy atom. The number of aromatic nitrogens is 4. The SMILES string of the molecule is c1ccc(-c2c(-c3ccccc3)c(-c3ccc(-c4cccc(-c5cc(-c6cccc(-c7cccnc7)c6)cc(-c6cccc(-c7cccnc7)c6)c5)c4)cc3)c(-c3ccccc3)c(-c3ccccc3)c2-c2ccc(-c3cccc(-c4cc(-c5cccc(-c6cccnc6)c5)cc(-c5cccc(-c6cccnc6)c5)c4)c3)cc2)cc1. The second-order valence-electron chi connectivity index (χ2n) is 28.9. The van der Waals surface area contributed by atoms with Crippen LogP contribution in [-0.4, -0.2) is 19.9 Å². The van der Waals surface area contributed by atoms with Crippen molar-refractivity contribution >= 4 is 0 Å². The highest BCUT2D eigenvalue weighted by Gasteiger charge is 2.30. The summed E-state index contributed by atoms with van der Waals surface area (Å²) in [5.74, 6) is 0. The Hall–Kier alpha value is -15.1. The first-order chi connectivity index (χ1) is 56.5. The van der Waals surface area contributed by atoms with E-state index >= 15 is 0 Å². The Kier molecular flexibility index (Phi) is 19.2. The van der Waals surface area contributed by atoms with Crippen LogP contribution in [0.4, 0.5) is 0 Å². The Bertz CT molecular complexity index is 5920. The summed E-state index contributed by atoms with van der Waals surface area (Å²) in [5, 5.41) is 0. The van der Waals surface area contributed by atoms with E-state index < -0.39 is 0 Å². The summed E-state index contributed by atoms with van der Waals surface area (Å²) in [5.41, 5.74) is 40.4. The molecule has 15 aromatic carbocycles. The number of rotatable bonds is 18. The molecular formula is C110H74N4. The second-order valence-corrected chi connectivity index (χ2v) is 28.9. The maximum absolute atomic E-state index is 4.47. The molecule has 0 saturated heterocycles. The molecule has 0 spiro atoms. The van der Waals surface area contributed by atoms with Crippen molar-refractivity contribution in [3.63, 3.8) is 0 Å². The van der Waals surface area contributed by atoms with Crippen LogP contribution < -0.4 is 0 Å². The summed E-state index contributed by atoms with van der Waals surface area (Å²) >= 11 is 0. The Labute approximate surface area is 665 Å². The molecule has 534 valence electrons. The minimum absolute atomic E-state index is 1.08. The highest BCUT2D eigenvalue weighted by atomic mass is 14.6. The fourth-order valence-electron chi connectivity index (χ4n) is 16.2. The van der Waals surface area contributed by atoms with E-state index in [-0.39, 0.29) is 0 Å². The van der Waals surface area contributed by atoms with E-state index in [2.05, 4.69) is 396 Å². The molecule has 19 rings (SSSR count). The normalized spacial score (nSPS) is 11.2. The van der Waals surface area contributed by atoms with Crippen LogP contribution in [0.3, 0.4) is 0 Å². The minimum Gasteiger partial charge on any atom is -0.264 e. The van der Waals surface area contributed by atoms with Crippen molar-refractivity contribution in [1.82, 2.24) is 19.9 Å². The van der Waals surface area contributed by atoms with Crippen LogP contribution in [0.25, 0.3) is 200 Å². The van der Waals surface area contributed by atoms with Crippen LogP contribution in [0.15, 0.2) is 450 Å². The van der Waals surface area contributed by atoms with Crippen molar-refractivity contribution in [3.05, 3.63) is 450 Å². The number of hydrogen-bond donors (Lipinski definition) is 0. The van der Waals surface area contributed by atoms with E-state index in [1.807, 2.05) is 73.8 Å². The lowest BCUT2D eigenvalue weighted by molar-refractivity contribution is 1.33. The third-order valence-corrected chi connectivity index (χ3v) is 21.8. The van der Waals surface area contributed by atoms with Crippen molar-refractivity contribution in [2.24, 2.45) is 0 Å². The first-order valence-corrected chi connectivity index (χ1v) is 38.7. The molecular weight excluding hydrogens is 1380 g/mol.